The van der Waals surface area contributed by atoms with Gasteiger partial charge in [0.25, 0.3) is 5.91 Å². The molecule has 3 aromatic rings. The van der Waals surface area contributed by atoms with Crippen molar-refractivity contribution in [3.05, 3.63) is 72.0 Å². The Kier molecular flexibility index (Phi) is 5.39. The topological polar surface area (TPSA) is 65.8 Å². The Hall–Kier alpha value is -3.12. The minimum absolute atomic E-state index is 0.000846. The zero-order valence-electron chi connectivity index (χ0n) is 15.6. The van der Waals surface area contributed by atoms with Crippen LogP contribution >= 0.6 is 0 Å². The SMILES string of the molecule is O=C(CN1CCN(C(=O)c2cc3ccccc3o2)CC1)NCc1ccccc1. The molecule has 2 aromatic carbocycles. The Morgan fingerprint density at radius 3 is 2.39 bits per heavy atom. The molecule has 1 aliphatic heterocycles. The number of amides is 2. The number of carbonyl (C=O) groups excluding carboxylic acids is 2. The molecule has 1 N–H and O–H groups in total. The summed E-state index contributed by atoms with van der Waals surface area (Å²) in [5.41, 5.74) is 1.80. The third kappa shape index (κ3) is 4.23. The van der Waals surface area contributed by atoms with Crippen molar-refractivity contribution in [2.75, 3.05) is 32.7 Å². The van der Waals surface area contributed by atoms with E-state index in [1.165, 1.54) is 0 Å². The quantitative estimate of drug-likeness (QED) is 0.742. The summed E-state index contributed by atoms with van der Waals surface area (Å²) < 4.78 is 5.68. The number of nitrogens with one attached hydrogen (secondary N) is 1. The second-order valence-electron chi connectivity index (χ2n) is 6.98. The van der Waals surface area contributed by atoms with Gasteiger partial charge in [-0.3, -0.25) is 14.5 Å². The van der Waals surface area contributed by atoms with E-state index in [0.29, 0.717) is 45.0 Å². The minimum Gasteiger partial charge on any atom is -0.451 e. The van der Waals surface area contributed by atoms with Crippen LogP contribution in [0.2, 0.25) is 0 Å². The maximum atomic E-state index is 12.7. The smallest absolute Gasteiger partial charge is 0.289 e. The maximum absolute atomic E-state index is 12.7. The van der Waals surface area contributed by atoms with Gasteiger partial charge in [-0.2, -0.15) is 0 Å². The molecule has 0 radical (unpaired) electrons. The largest absolute Gasteiger partial charge is 0.451 e. The molecular formula is C22H23N3O3. The third-order valence-electron chi connectivity index (χ3n) is 5.00. The van der Waals surface area contributed by atoms with Gasteiger partial charge >= 0.3 is 0 Å². The highest BCUT2D eigenvalue weighted by Gasteiger charge is 2.25. The zero-order valence-corrected chi connectivity index (χ0v) is 15.6. The maximum Gasteiger partial charge on any atom is 0.289 e. The van der Waals surface area contributed by atoms with Crippen molar-refractivity contribution in [2.24, 2.45) is 0 Å². The van der Waals surface area contributed by atoms with E-state index in [1.54, 1.807) is 11.0 Å². The zero-order chi connectivity index (χ0) is 19.3. The predicted octanol–water partition coefficient (Wildman–Crippen LogP) is 2.51. The minimum atomic E-state index is -0.0932. The Labute approximate surface area is 163 Å². The Morgan fingerprint density at radius 2 is 1.64 bits per heavy atom. The molecule has 6 heteroatoms. The van der Waals surface area contributed by atoms with E-state index in [1.807, 2.05) is 54.6 Å². The molecule has 2 amide bonds. The number of benzene rings is 2. The molecular weight excluding hydrogens is 354 g/mol. The molecule has 1 aliphatic rings. The second-order valence-corrected chi connectivity index (χ2v) is 6.98. The fourth-order valence-corrected chi connectivity index (χ4v) is 3.41. The standard InChI is InChI=1S/C22H23N3O3/c26-21(23-15-17-6-2-1-3-7-17)16-24-10-12-25(13-11-24)22(27)20-14-18-8-4-5-9-19(18)28-20/h1-9,14H,10-13,15-16H2,(H,23,26). The summed E-state index contributed by atoms with van der Waals surface area (Å²) in [4.78, 5) is 28.7. The van der Waals surface area contributed by atoms with Crippen LogP contribution in [0.3, 0.4) is 0 Å². The van der Waals surface area contributed by atoms with Crippen molar-refractivity contribution in [2.45, 2.75) is 6.54 Å². The first-order valence-corrected chi connectivity index (χ1v) is 9.50. The van der Waals surface area contributed by atoms with E-state index in [-0.39, 0.29) is 11.8 Å². The monoisotopic (exact) mass is 377 g/mol. The van der Waals surface area contributed by atoms with E-state index in [4.69, 9.17) is 4.42 Å². The van der Waals surface area contributed by atoms with Gasteiger partial charge in [0.05, 0.1) is 6.54 Å². The molecule has 0 spiro atoms. The molecule has 1 saturated heterocycles. The number of hydrogen-bond acceptors (Lipinski definition) is 4. The van der Waals surface area contributed by atoms with Gasteiger partial charge in [0.15, 0.2) is 5.76 Å². The van der Waals surface area contributed by atoms with Gasteiger partial charge in [-0.25, -0.2) is 0 Å². The van der Waals surface area contributed by atoms with E-state index in [2.05, 4.69) is 10.2 Å². The van der Waals surface area contributed by atoms with Gasteiger partial charge in [-0.05, 0) is 17.7 Å². The number of piperazine rings is 1. The normalized spacial score (nSPS) is 14.9. The van der Waals surface area contributed by atoms with Crippen molar-refractivity contribution in [3.63, 3.8) is 0 Å². The Balaban J connectivity index is 1.26. The van der Waals surface area contributed by atoms with E-state index >= 15 is 0 Å². The number of para-hydroxylation sites is 1. The summed E-state index contributed by atoms with van der Waals surface area (Å²) in [6, 6.07) is 19.2. The molecule has 4 rings (SSSR count). The number of carbonyl (C=O) groups is 2. The van der Waals surface area contributed by atoms with Crippen LogP contribution in [0.1, 0.15) is 16.1 Å². The van der Waals surface area contributed by atoms with Gasteiger partial charge in [0.2, 0.25) is 5.91 Å². The van der Waals surface area contributed by atoms with Gasteiger partial charge in [0, 0.05) is 38.1 Å². The fourth-order valence-electron chi connectivity index (χ4n) is 3.41. The predicted molar refractivity (Wildman–Crippen MR) is 107 cm³/mol. The highest BCUT2D eigenvalue weighted by atomic mass is 16.3. The van der Waals surface area contributed by atoms with E-state index < -0.39 is 0 Å². The van der Waals surface area contributed by atoms with Crippen LogP contribution in [0.25, 0.3) is 11.0 Å². The molecule has 0 unspecified atom stereocenters. The number of rotatable bonds is 5. The van der Waals surface area contributed by atoms with Crippen LogP contribution in [0.5, 0.6) is 0 Å². The van der Waals surface area contributed by atoms with Crippen LogP contribution in [-0.4, -0.2) is 54.3 Å². The molecule has 0 bridgehead atoms. The summed E-state index contributed by atoms with van der Waals surface area (Å²) >= 11 is 0. The van der Waals surface area contributed by atoms with Crippen LogP contribution < -0.4 is 5.32 Å². The highest BCUT2D eigenvalue weighted by Crippen LogP contribution is 2.20. The van der Waals surface area contributed by atoms with Crippen molar-refractivity contribution in [1.82, 2.24) is 15.1 Å². The molecule has 6 nitrogen and oxygen atoms in total. The van der Waals surface area contributed by atoms with Gasteiger partial charge < -0.3 is 14.6 Å². The molecule has 0 saturated carbocycles. The lowest BCUT2D eigenvalue weighted by molar-refractivity contribution is -0.122. The molecule has 28 heavy (non-hydrogen) atoms. The van der Waals surface area contributed by atoms with Crippen molar-refractivity contribution in [1.29, 1.82) is 0 Å². The first kappa shape index (κ1) is 18.3. The lowest BCUT2D eigenvalue weighted by Gasteiger charge is -2.33. The number of furan rings is 1. The van der Waals surface area contributed by atoms with Crippen LogP contribution in [0.4, 0.5) is 0 Å². The summed E-state index contributed by atoms with van der Waals surface area (Å²) in [6.07, 6.45) is 0. The van der Waals surface area contributed by atoms with Gasteiger partial charge in [-0.1, -0.05) is 48.5 Å². The van der Waals surface area contributed by atoms with Gasteiger partial charge in [-0.15, -0.1) is 0 Å². The summed E-state index contributed by atoms with van der Waals surface area (Å²) in [7, 11) is 0. The second kappa shape index (κ2) is 8.27. The molecule has 2 heterocycles. The lowest BCUT2D eigenvalue weighted by Crippen LogP contribution is -2.51. The first-order chi connectivity index (χ1) is 13.7. The first-order valence-electron chi connectivity index (χ1n) is 9.50. The summed E-state index contributed by atoms with van der Waals surface area (Å²) in [6.45, 7) is 3.39. The third-order valence-corrected chi connectivity index (χ3v) is 5.00. The summed E-state index contributed by atoms with van der Waals surface area (Å²) in [5.74, 6) is 0.278. The van der Waals surface area contributed by atoms with Crippen LogP contribution in [0.15, 0.2) is 65.1 Å². The molecule has 0 aliphatic carbocycles. The average molecular weight is 377 g/mol. The van der Waals surface area contributed by atoms with Crippen molar-refractivity contribution < 1.29 is 14.0 Å². The summed E-state index contributed by atoms with van der Waals surface area (Å²) in [5, 5.41) is 3.87. The molecule has 144 valence electrons. The Bertz CT molecular complexity index is 926. The number of fused-ring (bicyclic) bond motifs is 1. The average Bonchev–Trinajstić information content (AvgIpc) is 3.17. The van der Waals surface area contributed by atoms with E-state index in [0.717, 1.165) is 16.5 Å². The van der Waals surface area contributed by atoms with Crippen LogP contribution in [-0.2, 0) is 11.3 Å². The lowest BCUT2D eigenvalue weighted by atomic mass is 10.2. The number of hydrogen-bond donors (Lipinski definition) is 1. The van der Waals surface area contributed by atoms with Crippen molar-refractivity contribution in [3.8, 4) is 0 Å². The van der Waals surface area contributed by atoms with E-state index in [9.17, 15) is 9.59 Å². The van der Waals surface area contributed by atoms with Gasteiger partial charge in [0.1, 0.15) is 5.58 Å². The molecule has 1 aromatic heterocycles. The molecule has 1 fully saturated rings. The van der Waals surface area contributed by atoms with Crippen LogP contribution in [0, 0.1) is 0 Å². The Morgan fingerprint density at radius 1 is 0.929 bits per heavy atom. The highest BCUT2D eigenvalue weighted by molar-refractivity contribution is 5.96. The molecule has 0 atom stereocenters. The fraction of sp³-hybridized carbons (Fsp3) is 0.273. The van der Waals surface area contributed by atoms with Crippen molar-refractivity contribution >= 4 is 22.8 Å². The number of nitrogens with zero attached hydrogens (tertiary/aromatic N) is 2.